The molecule has 0 fully saturated rings. The molecular weight excluding hydrogens is 460 g/mol. The standard InChI is InChI=1S/C28H26N2O6/c1-16-7-9-23(27-21(31)11-17(2)26(16)27)34-14-25(32)30-20-6-4-3-5-19(20)28(33)29-13-18-8-10-22-24(12-18)36-15-35-22/h3-10,12,17H,11,13-15H2,1-2H3,(H,29,33)(H,30,32)/t17-/m0/s1. The van der Waals surface area contributed by atoms with Crippen LogP contribution in [-0.2, 0) is 11.3 Å². The number of carbonyl (C=O) groups excluding carboxylic acids is 3. The van der Waals surface area contributed by atoms with Gasteiger partial charge in [-0.3, -0.25) is 14.4 Å². The maximum Gasteiger partial charge on any atom is 0.262 e. The van der Waals surface area contributed by atoms with Gasteiger partial charge in [0.05, 0.1) is 16.8 Å². The van der Waals surface area contributed by atoms with Crippen LogP contribution in [0.5, 0.6) is 17.2 Å². The summed E-state index contributed by atoms with van der Waals surface area (Å²) in [5.41, 5.74) is 4.15. The van der Waals surface area contributed by atoms with Gasteiger partial charge in [0.15, 0.2) is 23.9 Å². The molecule has 0 unspecified atom stereocenters. The fourth-order valence-corrected chi connectivity index (χ4v) is 4.68. The topological polar surface area (TPSA) is 103 Å². The van der Waals surface area contributed by atoms with Gasteiger partial charge in [-0.25, -0.2) is 0 Å². The van der Waals surface area contributed by atoms with E-state index in [1.54, 1.807) is 36.4 Å². The molecule has 0 spiro atoms. The highest BCUT2D eigenvalue weighted by Gasteiger charge is 2.31. The van der Waals surface area contributed by atoms with Gasteiger partial charge in [0, 0.05) is 13.0 Å². The Hall–Kier alpha value is -4.33. The molecule has 0 aromatic heterocycles. The van der Waals surface area contributed by atoms with Crippen molar-refractivity contribution in [2.75, 3.05) is 18.7 Å². The van der Waals surface area contributed by atoms with Crippen molar-refractivity contribution < 1.29 is 28.6 Å². The summed E-state index contributed by atoms with van der Waals surface area (Å²) in [5.74, 6) is 1.13. The van der Waals surface area contributed by atoms with Crippen LogP contribution in [0.2, 0.25) is 0 Å². The molecule has 36 heavy (non-hydrogen) atoms. The molecule has 0 bridgehead atoms. The van der Waals surface area contributed by atoms with Gasteiger partial charge in [-0.15, -0.1) is 0 Å². The summed E-state index contributed by atoms with van der Waals surface area (Å²) in [6.45, 7) is 4.17. The summed E-state index contributed by atoms with van der Waals surface area (Å²) in [6, 6.07) is 15.9. The molecule has 0 saturated carbocycles. The number of ketones is 1. The lowest BCUT2D eigenvalue weighted by atomic mass is 9.97. The Morgan fingerprint density at radius 3 is 2.72 bits per heavy atom. The van der Waals surface area contributed by atoms with Crippen molar-refractivity contribution in [1.29, 1.82) is 0 Å². The number of Topliss-reactive ketones (excluding diaryl/α,β-unsaturated/α-hetero) is 1. The van der Waals surface area contributed by atoms with E-state index >= 15 is 0 Å². The molecule has 0 radical (unpaired) electrons. The maximum atomic E-state index is 12.9. The highest BCUT2D eigenvalue weighted by molar-refractivity contribution is 6.05. The van der Waals surface area contributed by atoms with Gasteiger partial charge < -0.3 is 24.8 Å². The molecule has 1 atom stereocenters. The number of fused-ring (bicyclic) bond motifs is 2. The second-order valence-corrected chi connectivity index (χ2v) is 8.95. The predicted octanol–water partition coefficient (Wildman–Crippen LogP) is 4.36. The van der Waals surface area contributed by atoms with Crippen LogP contribution in [0.3, 0.4) is 0 Å². The van der Waals surface area contributed by atoms with Crippen LogP contribution in [0.4, 0.5) is 5.69 Å². The molecule has 1 aliphatic carbocycles. The lowest BCUT2D eigenvalue weighted by Crippen LogP contribution is -2.26. The number of anilines is 1. The number of aryl methyl sites for hydroxylation is 1. The number of para-hydroxylation sites is 1. The highest BCUT2D eigenvalue weighted by atomic mass is 16.7. The molecule has 2 aliphatic rings. The van der Waals surface area contributed by atoms with Crippen molar-refractivity contribution in [3.8, 4) is 17.2 Å². The SMILES string of the molecule is Cc1ccc(OCC(=O)Nc2ccccc2C(=O)NCc2ccc3c(c2)OCO3)c2c1[C@@H](C)CC2=O. The van der Waals surface area contributed by atoms with E-state index < -0.39 is 5.91 Å². The van der Waals surface area contributed by atoms with E-state index in [-0.39, 0.29) is 37.6 Å². The van der Waals surface area contributed by atoms with Crippen molar-refractivity contribution in [2.24, 2.45) is 0 Å². The van der Waals surface area contributed by atoms with Crippen LogP contribution < -0.4 is 24.8 Å². The fourth-order valence-electron chi connectivity index (χ4n) is 4.68. The summed E-state index contributed by atoms with van der Waals surface area (Å²) >= 11 is 0. The van der Waals surface area contributed by atoms with E-state index in [1.807, 2.05) is 32.0 Å². The number of benzene rings is 3. The second kappa shape index (κ2) is 9.73. The molecule has 3 aromatic rings. The average Bonchev–Trinajstić information content (AvgIpc) is 3.46. The Labute approximate surface area is 208 Å². The van der Waals surface area contributed by atoms with Gasteiger partial charge in [0.1, 0.15) is 5.75 Å². The van der Waals surface area contributed by atoms with Crippen LogP contribution in [0.15, 0.2) is 54.6 Å². The smallest absolute Gasteiger partial charge is 0.262 e. The molecule has 8 heteroatoms. The Bertz CT molecular complexity index is 1370. The third kappa shape index (κ3) is 4.62. The molecular formula is C28H26N2O6. The predicted molar refractivity (Wildman–Crippen MR) is 133 cm³/mol. The van der Waals surface area contributed by atoms with E-state index in [9.17, 15) is 14.4 Å². The molecule has 2 N–H and O–H groups in total. The normalized spacial score (nSPS) is 15.4. The third-order valence-electron chi connectivity index (χ3n) is 6.38. The Balaban J connectivity index is 1.22. The van der Waals surface area contributed by atoms with Gasteiger partial charge in [-0.05, 0) is 59.9 Å². The molecule has 2 amide bonds. The van der Waals surface area contributed by atoms with Gasteiger partial charge in [-0.2, -0.15) is 0 Å². The van der Waals surface area contributed by atoms with Crippen LogP contribution in [0.1, 0.15) is 56.7 Å². The van der Waals surface area contributed by atoms with E-state index in [2.05, 4.69) is 10.6 Å². The number of hydrogen-bond donors (Lipinski definition) is 2. The quantitative estimate of drug-likeness (QED) is 0.514. The summed E-state index contributed by atoms with van der Waals surface area (Å²) in [6.07, 6.45) is 0.442. The molecule has 1 aliphatic heterocycles. The molecule has 184 valence electrons. The van der Waals surface area contributed by atoms with Crippen molar-refractivity contribution in [2.45, 2.75) is 32.7 Å². The Kier molecular flexibility index (Phi) is 6.33. The van der Waals surface area contributed by atoms with Crippen molar-refractivity contribution in [3.63, 3.8) is 0 Å². The van der Waals surface area contributed by atoms with Crippen LogP contribution >= 0.6 is 0 Å². The van der Waals surface area contributed by atoms with Gasteiger partial charge in [0.2, 0.25) is 6.79 Å². The molecule has 0 saturated heterocycles. The Morgan fingerprint density at radius 2 is 1.86 bits per heavy atom. The summed E-state index contributed by atoms with van der Waals surface area (Å²) in [4.78, 5) is 38.0. The number of ether oxygens (including phenoxy) is 3. The minimum atomic E-state index is -0.432. The second-order valence-electron chi connectivity index (χ2n) is 8.95. The van der Waals surface area contributed by atoms with Crippen molar-refractivity contribution in [1.82, 2.24) is 5.32 Å². The molecule has 1 heterocycles. The van der Waals surface area contributed by atoms with E-state index in [0.29, 0.717) is 40.5 Å². The zero-order valence-corrected chi connectivity index (χ0v) is 20.1. The average molecular weight is 487 g/mol. The zero-order chi connectivity index (χ0) is 25.2. The minimum absolute atomic E-state index is 0.0288. The van der Waals surface area contributed by atoms with Crippen LogP contribution in [0.25, 0.3) is 0 Å². The first-order valence-corrected chi connectivity index (χ1v) is 11.8. The number of carbonyl (C=O) groups is 3. The van der Waals surface area contributed by atoms with Crippen molar-refractivity contribution >= 4 is 23.3 Å². The van der Waals surface area contributed by atoms with Crippen LogP contribution in [0, 0.1) is 6.92 Å². The summed E-state index contributed by atoms with van der Waals surface area (Å²) < 4.78 is 16.4. The first kappa shape index (κ1) is 23.4. The lowest BCUT2D eigenvalue weighted by molar-refractivity contribution is -0.118. The van der Waals surface area contributed by atoms with Gasteiger partial charge in [-0.1, -0.05) is 31.2 Å². The van der Waals surface area contributed by atoms with Crippen LogP contribution in [-0.4, -0.2) is 31.0 Å². The van der Waals surface area contributed by atoms with Crippen molar-refractivity contribution in [3.05, 3.63) is 82.4 Å². The molecule has 5 rings (SSSR count). The largest absolute Gasteiger partial charge is 0.483 e. The first-order valence-electron chi connectivity index (χ1n) is 11.8. The fraction of sp³-hybridized carbons (Fsp3) is 0.250. The monoisotopic (exact) mass is 486 g/mol. The highest BCUT2D eigenvalue weighted by Crippen LogP contribution is 2.40. The van der Waals surface area contributed by atoms with E-state index in [4.69, 9.17) is 14.2 Å². The summed E-state index contributed by atoms with van der Waals surface area (Å²) in [5, 5.41) is 5.61. The summed E-state index contributed by atoms with van der Waals surface area (Å²) in [7, 11) is 0. The van der Waals surface area contributed by atoms with Gasteiger partial charge >= 0.3 is 0 Å². The van der Waals surface area contributed by atoms with E-state index in [0.717, 1.165) is 16.7 Å². The molecule has 3 aromatic carbocycles. The zero-order valence-electron chi connectivity index (χ0n) is 20.1. The van der Waals surface area contributed by atoms with E-state index in [1.165, 1.54) is 0 Å². The first-order chi connectivity index (χ1) is 17.4. The third-order valence-corrected chi connectivity index (χ3v) is 6.38. The number of nitrogens with one attached hydrogen (secondary N) is 2. The minimum Gasteiger partial charge on any atom is -0.483 e. The Morgan fingerprint density at radius 1 is 1.06 bits per heavy atom. The number of hydrogen-bond acceptors (Lipinski definition) is 6. The maximum absolute atomic E-state index is 12.9. The number of amides is 2. The number of rotatable bonds is 7. The lowest BCUT2D eigenvalue weighted by Gasteiger charge is -2.14. The molecule has 8 nitrogen and oxygen atoms in total. The van der Waals surface area contributed by atoms with Gasteiger partial charge in [0.25, 0.3) is 11.8 Å².